The molecule has 2 aromatic rings. The van der Waals surface area contributed by atoms with Gasteiger partial charge in [0.1, 0.15) is 0 Å². The number of hydrogen-bond acceptors (Lipinski definition) is 3. The van der Waals surface area contributed by atoms with E-state index < -0.39 is 0 Å². The molecule has 0 atom stereocenters. The third-order valence-electron chi connectivity index (χ3n) is 6.84. The maximum Gasteiger partial charge on any atom is 0.220 e. The van der Waals surface area contributed by atoms with Crippen LogP contribution in [0, 0.1) is 23.2 Å². The molecule has 4 bridgehead atoms. The first-order chi connectivity index (χ1) is 12.7. The van der Waals surface area contributed by atoms with Crippen molar-refractivity contribution in [2.24, 2.45) is 23.2 Å². The zero-order chi connectivity index (χ0) is 17.6. The van der Waals surface area contributed by atoms with E-state index in [1.807, 2.05) is 12.4 Å². The van der Waals surface area contributed by atoms with Crippen LogP contribution in [0.1, 0.15) is 50.5 Å². The summed E-state index contributed by atoms with van der Waals surface area (Å²) in [6.45, 7) is 0.580. The van der Waals surface area contributed by atoms with Crippen molar-refractivity contribution in [2.75, 3.05) is 0 Å². The highest BCUT2D eigenvalue weighted by atomic mass is 32.1. The van der Waals surface area contributed by atoms with Gasteiger partial charge in [-0.05, 0) is 95.7 Å². The van der Waals surface area contributed by atoms with E-state index in [-0.39, 0.29) is 5.91 Å². The maximum atomic E-state index is 12.7. The number of rotatable bonds is 5. The average molecular weight is 367 g/mol. The van der Waals surface area contributed by atoms with Crippen molar-refractivity contribution in [1.29, 1.82) is 0 Å². The summed E-state index contributed by atoms with van der Waals surface area (Å²) in [6.07, 6.45) is 12.7. The standard InChI is InChI=1S/C22H26N2OS/c25-21(10-22-7-15-3-16(8-22)5-17(4-15)9-22)24-12-18-6-20(13-23-11-18)19-1-2-26-14-19/h1-2,6,11,13-17H,3-5,7-10,12H2,(H,24,25). The lowest BCUT2D eigenvalue weighted by Gasteiger charge is -2.56. The number of carbonyl (C=O) groups is 1. The number of aromatic nitrogens is 1. The van der Waals surface area contributed by atoms with E-state index in [0.29, 0.717) is 12.0 Å². The summed E-state index contributed by atoms with van der Waals surface area (Å²) in [4.78, 5) is 17.0. The van der Waals surface area contributed by atoms with Crippen LogP contribution in [0.3, 0.4) is 0 Å². The van der Waals surface area contributed by atoms with Crippen molar-refractivity contribution in [3.05, 3.63) is 40.8 Å². The normalized spacial score (nSPS) is 31.9. The zero-order valence-corrected chi connectivity index (χ0v) is 15.9. The molecule has 4 aliphatic carbocycles. The Balaban J connectivity index is 1.21. The second-order valence-electron chi connectivity index (χ2n) is 8.96. The Morgan fingerprint density at radius 1 is 1.12 bits per heavy atom. The summed E-state index contributed by atoms with van der Waals surface area (Å²) in [5.74, 6) is 2.94. The predicted octanol–water partition coefficient (Wildman–Crippen LogP) is 5.03. The molecule has 4 aliphatic rings. The minimum atomic E-state index is 0.230. The van der Waals surface area contributed by atoms with E-state index in [4.69, 9.17) is 0 Å². The Morgan fingerprint density at radius 3 is 2.50 bits per heavy atom. The number of pyridine rings is 1. The molecule has 6 rings (SSSR count). The second kappa shape index (κ2) is 6.49. The second-order valence-corrected chi connectivity index (χ2v) is 9.74. The molecule has 0 saturated heterocycles. The van der Waals surface area contributed by atoms with Gasteiger partial charge in [-0.2, -0.15) is 11.3 Å². The van der Waals surface area contributed by atoms with E-state index in [0.717, 1.165) is 35.3 Å². The number of hydrogen-bond donors (Lipinski definition) is 1. The molecule has 26 heavy (non-hydrogen) atoms. The van der Waals surface area contributed by atoms with E-state index >= 15 is 0 Å². The fourth-order valence-corrected chi connectivity index (χ4v) is 6.95. The van der Waals surface area contributed by atoms with Gasteiger partial charge in [0.15, 0.2) is 0 Å². The van der Waals surface area contributed by atoms with Crippen molar-refractivity contribution < 1.29 is 4.79 Å². The van der Waals surface area contributed by atoms with Gasteiger partial charge >= 0.3 is 0 Å². The van der Waals surface area contributed by atoms with Crippen molar-refractivity contribution in [3.8, 4) is 11.1 Å². The minimum absolute atomic E-state index is 0.230. The fourth-order valence-electron chi connectivity index (χ4n) is 6.28. The summed E-state index contributed by atoms with van der Waals surface area (Å²) in [6, 6.07) is 4.25. The Labute approximate surface area is 159 Å². The Hall–Kier alpha value is -1.68. The lowest BCUT2D eigenvalue weighted by atomic mass is 9.49. The number of carbonyl (C=O) groups excluding carboxylic acids is 1. The molecule has 0 aromatic carbocycles. The molecule has 2 aromatic heterocycles. The van der Waals surface area contributed by atoms with Crippen LogP contribution in [-0.4, -0.2) is 10.9 Å². The molecule has 3 nitrogen and oxygen atoms in total. The molecule has 0 spiro atoms. The third kappa shape index (κ3) is 3.20. The predicted molar refractivity (Wildman–Crippen MR) is 105 cm³/mol. The summed E-state index contributed by atoms with van der Waals surface area (Å²) >= 11 is 1.69. The summed E-state index contributed by atoms with van der Waals surface area (Å²) in [5.41, 5.74) is 3.71. The topological polar surface area (TPSA) is 42.0 Å². The third-order valence-corrected chi connectivity index (χ3v) is 7.52. The largest absolute Gasteiger partial charge is 0.352 e. The monoisotopic (exact) mass is 366 g/mol. The number of nitrogens with zero attached hydrogens (tertiary/aromatic N) is 1. The molecule has 1 N–H and O–H groups in total. The van der Waals surface area contributed by atoms with E-state index in [2.05, 4.69) is 33.2 Å². The van der Waals surface area contributed by atoms with Gasteiger partial charge in [-0.15, -0.1) is 0 Å². The lowest BCUT2D eigenvalue weighted by Crippen LogP contribution is -2.47. The van der Waals surface area contributed by atoms with E-state index in [1.165, 1.54) is 44.1 Å². The first-order valence-corrected chi connectivity index (χ1v) is 10.8. The highest BCUT2D eigenvalue weighted by molar-refractivity contribution is 7.08. The van der Waals surface area contributed by atoms with Gasteiger partial charge in [0.05, 0.1) is 0 Å². The lowest BCUT2D eigenvalue weighted by molar-refractivity contribution is -0.129. The fraction of sp³-hybridized carbons (Fsp3) is 0.545. The molecule has 4 fully saturated rings. The van der Waals surface area contributed by atoms with Gasteiger partial charge in [-0.3, -0.25) is 9.78 Å². The maximum absolute atomic E-state index is 12.7. The zero-order valence-electron chi connectivity index (χ0n) is 15.1. The highest BCUT2D eigenvalue weighted by Crippen LogP contribution is 2.61. The van der Waals surface area contributed by atoms with Crippen LogP contribution in [0.2, 0.25) is 0 Å². The first-order valence-electron chi connectivity index (χ1n) is 9.91. The van der Waals surface area contributed by atoms with Crippen molar-refractivity contribution in [2.45, 2.75) is 51.5 Å². The first kappa shape index (κ1) is 16.5. The quantitative estimate of drug-likeness (QED) is 0.806. The highest BCUT2D eigenvalue weighted by Gasteiger charge is 2.51. The molecule has 1 amide bonds. The summed E-state index contributed by atoms with van der Waals surface area (Å²) < 4.78 is 0. The average Bonchev–Trinajstić information content (AvgIpc) is 3.13. The summed E-state index contributed by atoms with van der Waals surface area (Å²) in [5, 5.41) is 7.38. The van der Waals surface area contributed by atoms with Crippen LogP contribution < -0.4 is 5.32 Å². The minimum Gasteiger partial charge on any atom is -0.352 e. The van der Waals surface area contributed by atoms with Crippen LogP contribution in [0.15, 0.2) is 35.3 Å². The summed E-state index contributed by atoms with van der Waals surface area (Å²) in [7, 11) is 0. The molecular weight excluding hydrogens is 340 g/mol. The van der Waals surface area contributed by atoms with Crippen LogP contribution in [0.5, 0.6) is 0 Å². The Morgan fingerprint density at radius 2 is 1.85 bits per heavy atom. The SMILES string of the molecule is O=C(CC12CC3CC(CC(C3)C1)C2)NCc1cncc(-c2ccsc2)c1. The molecule has 4 heteroatoms. The molecular formula is C22H26N2OS. The van der Waals surface area contributed by atoms with E-state index in [9.17, 15) is 4.79 Å². The van der Waals surface area contributed by atoms with Gasteiger partial charge in [0, 0.05) is 30.9 Å². The van der Waals surface area contributed by atoms with Crippen molar-refractivity contribution in [1.82, 2.24) is 10.3 Å². The molecule has 0 aliphatic heterocycles. The molecule has 0 radical (unpaired) electrons. The number of nitrogens with one attached hydrogen (secondary N) is 1. The van der Waals surface area contributed by atoms with Crippen LogP contribution >= 0.6 is 11.3 Å². The van der Waals surface area contributed by atoms with Gasteiger partial charge in [-0.25, -0.2) is 0 Å². The Kier molecular flexibility index (Phi) is 4.11. The van der Waals surface area contributed by atoms with E-state index in [1.54, 1.807) is 11.3 Å². The smallest absolute Gasteiger partial charge is 0.220 e. The number of thiophene rings is 1. The molecule has 0 unspecified atom stereocenters. The van der Waals surface area contributed by atoms with Gasteiger partial charge < -0.3 is 5.32 Å². The Bertz CT molecular complexity index is 763. The van der Waals surface area contributed by atoms with Crippen LogP contribution in [-0.2, 0) is 11.3 Å². The van der Waals surface area contributed by atoms with Gasteiger partial charge in [0.2, 0.25) is 5.91 Å². The number of amides is 1. The van der Waals surface area contributed by atoms with Crippen molar-refractivity contribution in [3.63, 3.8) is 0 Å². The van der Waals surface area contributed by atoms with Gasteiger partial charge in [0.25, 0.3) is 0 Å². The molecule has 2 heterocycles. The van der Waals surface area contributed by atoms with Gasteiger partial charge in [-0.1, -0.05) is 0 Å². The molecule has 136 valence electrons. The molecule has 4 saturated carbocycles. The van der Waals surface area contributed by atoms with Crippen LogP contribution in [0.25, 0.3) is 11.1 Å². The van der Waals surface area contributed by atoms with Crippen LogP contribution in [0.4, 0.5) is 0 Å². The van der Waals surface area contributed by atoms with Crippen molar-refractivity contribution >= 4 is 17.2 Å².